The van der Waals surface area contributed by atoms with Gasteiger partial charge in [-0.25, -0.2) is 9.97 Å². The zero-order valence-corrected chi connectivity index (χ0v) is 9.85. The summed E-state index contributed by atoms with van der Waals surface area (Å²) < 4.78 is 14.7. The second-order valence-corrected chi connectivity index (χ2v) is 3.45. The van der Waals surface area contributed by atoms with Gasteiger partial charge in [0.25, 0.3) is 0 Å². The van der Waals surface area contributed by atoms with E-state index in [1.165, 1.54) is 6.39 Å². The topological polar surface area (TPSA) is 80.7 Å². The molecule has 0 unspecified atom stereocenters. The second-order valence-electron chi connectivity index (χ2n) is 3.45. The number of hydrogen-bond acceptors (Lipinski definition) is 4. The molecule has 0 aliphatic heterocycles. The van der Waals surface area contributed by atoms with Crippen LogP contribution < -0.4 is 5.73 Å². The van der Waals surface area contributed by atoms with Crippen LogP contribution in [0.15, 0.2) is 35.2 Å². The van der Waals surface area contributed by atoms with Crippen molar-refractivity contribution in [3.63, 3.8) is 0 Å². The molecule has 0 spiro atoms. The van der Waals surface area contributed by atoms with Crippen LogP contribution in [0.2, 0.25) is 0 Å². The molecule has 5 nitrogen and oxygen atoms in total. The van der Waals surface area contributed by atoms with Crippen LogP contribution in [-0.4, -0.2) is 22.1 Å². The highest BCUT2D eigenvalue weighted by molar-refractivity contribution is 5.89. The molecule has 0 bridgehead atoms. The number of aromatic amines is 1. The summed E-state index contributed by atoms with van der Waals surface area (Å²) in [7, 11) is 0.500. The van der Waals surface area contributed by atoms with E-state index >= 15 is 0 Å². The number of hydrogen-bond donors (Lipinski definition) is 2. The SMILES string of the molecule is CF.NCc1ncc(-c2cccc3ocnc23)[nH]1. The lowest BCUT2D eigenvalue weighted by Gasteiger charge is -1.97. The summed E-state index contributed by atoms with van der Waals surface area (Å²) in [5, 5.41) is 0. The average Bonchev–Trinajstić information content (AvgIpc) is 3.09. The summed E-state index contributed by atoms with van der Waals surface area (Å²) in [5.74, 6) is 0.760. The van der Waals surface area contributed by atoms with Gasteiger partial charge in [-0.2, -0.15) is 0 Å². The van der Waals surface area contributed by atoms with Crippen LogP contribution in [0.5, 0.6) is 0 Å². The Balaban J connectivity index is 0.000000574. The highest BCUT2D eigenvalue weighted by atomic mass is 19.1. The number of rotatable bonds is 2. The van der Waals surface area contributed by atoms with E-state index in [2.05, 4.69) is 15.0 Å². The minimum absolute atomic E-state index is 0.398. The van der Waals surface area contributed by atoms with Crippen LogP contribution in [0.4, 0.5) is 4.39 Å². The number of oxazole rings is 1. The van der Waals surface area contributed by atoms with Crippen LogP contribution in [-0.2, 0) is 6.54 Å². The van der Waals surface area contributed by atoms with Gasteiger partial charge in [-0.15, -0.1) is 0 Å². The van der Waals surface area contributed by atoms with Crippen LogP contribution >= 0.6 is 0 Å². The number of alkyl halides is 1. The lowest BCUT2D eigenvalue weighted by molar-refractivity contribution is 0.602. The first-order valence-electron chi connectivity index (χ1n) is 5.33. The summed E-state index contributed by atoms with van der Waals surface area (Å²) in [4.78, 5) is 11.5. The van der Waals surface area contributed by atoms with E-state index in [4.69, 9.17) is 10.2 Å². The Labute approximate surface area is 103 Å². The largest absolute Gasteiger partial charge is 0.443 e. The Kier molecular flexibility index (Phi) is 3.69. The molecule has 0 atom stereocenters. The molecule has 3 aromatic rings. The van der Waals surface area contributed by atoms with E-state index in [0.29, 0.717) is 13.7 Å². The molecule has 2 heterocycles. The number of aromatic nitrogens is 3. The fourth-order valence-electron chi connectivity index (χ4n) is 1.71. The molecule has 0 saturated heterocycles. The Morgan fingerprint density at radius 1 is 1.33 bits per heavy atom. The van der Waals surface area contributed by atoms with Gasteiger partial charge in [0, 0.05) is 5.56 Å². The van der Waals surface area contributed by atoms with Gasteiger partial charge in [0.15, 0.2) is 12.0 Å². The molecule has 0 radical (unpaired) electrons. The fourth-order valence-corrected chi connectivity index (χ4v) is 1.71. The molecule has 1 aromatic carbocycles. The molecular formula is C12H13FN4O. The van der Waals surface area contributed by atoms with E-state index in [0.717, 1.165) is 28.2 Å². The first-order chi connectivity index (χ1) is 8.88. The van der Waals surface area contributed by atoms with Crippen molar-refractivity contribution in [1.82, 2.24) is 15.0 Å². The summed E-state index contributed by atoms with van der Waals surface area (Å²) in [6, 6.07) is 5.77. The van der Waals surface area contributed by atoms with E-state index < -0.39 is 0 Å². The number of nitrogens with one attached hydrogen (secondary N) is 1. The van der Waals surface area contributed by atoms with E-state index in [1.54, 1.807) is 6.20 Å². The predicted molar refractivity (Wildman–Crippen MR) is 66.5 cm³/mol. The molecule has 0 aliphatic rings. The van der Waals surface area contributed by atoms with Gasteiger partial charge >= 0.3 is 0 Å². The third kappa shape index (κ3) is 2.10. The maximum absolute atomic E-state index is 9.50. The van der Waals surface area contributed by atoms with Crippen molar-refractivity contribution in [3.05, 3.63) is 36.6 Å². The molecule has 6 heteroatoms. The smallest absolute Gasteiger partial charge is 0.182 e. The first-order valence-corrected chi connectivity index (χ1v) is 5.33. The maximum Gasteiger partial charge on any atom is 0.182 e. The zero-order valence-electron chi connectivity index (χ0n) is 9.85. The first kappa shape index (κ1) is 12.3. The summed E-state index contributed by atoms with van der Waals surface area (Å²) in [6.07, 6.45) is 3.19. The van der Waals surface area contributed by atoms with Crippen molar-refractivity contribution in [3.8, 4) is 11.3 Å². The highest BCUT2D eigenvalue weighted by Gasteiger charge is 2.09. The van der Waals surface area contributed by atoms with Gasteiger partial charge in [0.1, 0.15) is 11.3 Å². The van der Waals surface area contributed by atoms with E-state index in [9.17, 15) is 4.39 Å². The Morgan fingerprint density at radius 2 is 2.17 bits per heavy atom. The summed E-state index contributed by atoms with van der Waals surface area (Å²) >= 11 is 0. The van der Waals surface area contributed by atoms with Crippen LogP contribution in [0.1, 0.15) is 5.82 Å². The van der Waals surface area contributed by atoms with Crippen molar-refractivity contribution < 1.29 is 8.81 Å². The summed E-state index contributed by atoms with van der Waals surface area (Å²) in [6.45, 7) is 0.398. The van der Waals surface area contributed by atoms with E-state index in [1.807, 2.05) is 18.2 Å². The van der Waals surface area contributed by atoms with Crippen molar-refractivity contribution in [1.29, 1.82) is 0 Å². The molecule has 2 aromatic heterocycles. The highest BCUT2D eigenvalue weighted by Crippen LogP contribution is 2.25. The molecule has 0 amide bonds. The van der Waals surface area contributed by atoms with Gasteiger partial charge in [0.05, 0.1) is 25.6 Å². The molecule has 18 heavy (non-hydrogen) atoms. The van der Waals surface area contributed by atoms with Crippen molar-refractivity contribution in [2.75, 3.05) is 7.18 Å². The average molecular weight is 248 g/mol. The van der Waals surface area contributed by atoms with Gasteiger partial charge in [-0.1, -0.05) is 12.1 Å². The molecule has 3 N–H and O–H groups in total. The molecule has 0 fully saturated rings. The maximum atomic E-state index is 9.50. The Morgan fingerprint density at radius 3 is 2.89 bits per heavy atom. The third-order valence-corrected chi connectivity index (χ3v) is 2.47. The predicted octanol–water partition coefficient (Wildman–Crippen LogP) is 2.26. The lowest BCUT2D eigenvalue weighted by atomic mass is 10.1. The van der Waals surface area contributed by atoms with Gasteiger partial charge in [0.2, 0.25) is 0 Å². The van der Waals surface area contributed by atoms with Crippen LogP contribution in [0.25, 0.3) is 22.4 Å². The number of nitrogens with two attached hydrogens (primary N) is 1. The van der Waals surface area contributed by atoms with Gasteiger partial charge < -0.3 is 15.1 Å². The monoisotopic (exact) mass is 248 g/mol. The lowest BCUT2D eigenvalue weighted by Crippen LogP contribution is -1.97. The standard InChI is InChI=1S/C11H10N4O.CH3F/c12-4-10-13-5-8(15-10)7-2-1-3-9-11(7)14-6-16-9;1-2/h1-3,5-6H,4,12H2,(H,13,15);1H3. The van der Waals surface area contributed by atoms with Crippen molar-refractivity contribution in [2.24, 2.45) is 5.73 Å². The number of nitrogens with zero attached hydrogens (tertiary/aromatic N) is 2. The summed E-state index contributed by atoms with van der Waals surface area (Å²) in [5.41, 5.74) is 8.97. The number of H-pyrrole nitrogens is 1. The normalized spacial score (nSPS) is 10.2. The number of para-hydroxylation sites is 1. The number of benzene rings is 1. The van der Waals surface area contributed by atoms with Crippen molar-refractivity contribution in [2.45, 2.75) is 6.54 Å². The second kappa shape index (κ2) is 5.42. The minimum atomic E-state index is 0.398. The molecule has 94 valence electrons. The number of imidazole rings is 1. The van der Waals surface area contributed by atoms with Gasteiger partial charge in [-0.05, 0) is 6.07 Å². The quantitative estimate of drug-likeness (QED) is 0.729. The van der Waals surface area contributed by atoms with Gasteiger partial charge in [-0.3, -0.25) is 4.39 Å². The Bertz CT molecular complexity index is 632. The van der Waals surface area contributed by atoms with Crippen molar-refractivity contribution >= 4 is 11.1 Å². The molecule has 0 aliphatic carbocycles. The van der Waals surface area contributed by atoms with Crippen LogP contribution in [0.3, 0.4) is 0 Å². The van der Waals surface area contributed by atoms with E-state index in [-0.39, 0.29) is 0 Å². The zero-order chi connectivity index (χ0) is 13.0. The molecule has 0 saturated carbocycles. The Hall–Kier alpha value is -2.21. The van der Waals surface area contributed by atoms with Crippen LogP contribution in [0, 0.1) is 0 Å². The minimum Gasteiger partial charge on any atom is -0.443 e. The molecular weight excluding hydrogens is 235 g/mol. The molecule has 3 rings (SSSR count). The number of fused-ring (bicyclic) bond motifs is 1. The fraction of sp³-hybridized carbons (Fsp3) is 0.167. The number of halogens is 1. The third-order valence-electron chi connectivity index (χ3n) is 2.47.